The molecule has 3 atom stereocenters. The SMILES string of the molecule is C=CC(=O)Nc1cc(Nc2cc(N3OCC[C@@H]3c3ccc(Cl)c(Cl)c3)ncn2)c(OC)cc1N1CCC(N2C[C@H]3C[C@@H]2CO3)CC1. The van der Waals surface area contributed by atoms with E-state index >= 15 is 0 Å². The van der Waals surface area contributed by atoms with Crippen LogP contribution in [0.15, 0.2) is 55.4 Å². The quantitative estimate of drug-likeness (QED) is 0.265. The Morgan fingerprint density at radius 2 is 1.91 bits per heavy atom. The van der Waals surface area contributed by atoms with Crippen molar-refractivity contribution in [3.05, 3.63) is 71.0 Å². The molecular weight excluding hydrogens is 629 g/mol. The first-order chi connectivity index (χ1) is 22.4. The smallest absolute Gasteiger partial charge is 0.247 e. The molecule has 11 nitrogen and oxygen atoms in total. The van der Waals surface area contributed by atoms with Crippen molar-refractivity contribution in [3.8, 4) is 5.75 Å². The van der Waals surface area contributed by atoms with E-state index in [1.54, 1.807) is 18.2 Å². The largest absolute Gasteiger partial charge is 0.494 e. The molecule has 4 aliphatic heterocycles. The number of methoxy groups -OCH3 is 1. The van der Waals surface area contributed by atoms with Gasteiger partial charge in [0.1, 0.15) is 17.9 Å². The number of nitrogens with one attached hydrogen (secondary N) is 2. The second-order valence-corrected chi connectivity index (χ2v) is 12.9. The zero-order valence-corrected chi connectivity index (χ0v) is 27.1. The first-order valence-corrected chi connectivity index (χ1v) is 16.4. The van der Waals surface area contributed by atoms with E-state index in [4.69, 9.17) is 37.5 Å². The van der Waals surface area contributed by atoms with Gasteiger partial charge in [0.25, 0.3) is 0 Å². The highest BCUT2D eigenvalue weighted by Gasteiger charge is 2.42. The molecule has 1 aromatic heterocycles. The lowest BCUT2D eigenvalue weighted by Crippen LogP contribution is -2.49. The number of aromatic nitrogens is 2. The predicted molar refractivity (Wildman–Crippen MR) is 179 cm³/mol. The molecule has 0 unspecified atom stereocenters. The lowest BCUT2D eigenvalue weighted by molar-refractivity contribution is -0.111. The molecular formula is C33H37Cl2N7O4. The molecule has 242 valence electrons. The van der Waals surface area contributed by atoms with Crippen molar-refractivity contribution in [1.29, 1.82) is 0 Å². The van der Waals surface area contributed by atoms with Gasteiger partial charge in [-0.2, -0.15) is 0 Å². The molecule has 4 fully saturated rings. The Morgan fingerprint density at radius 3 is 2.63 bits per heavy atom. The molecule has 13 heteroatoms. The van der Waals surface area contributed by atoms with Crippen LogP contribution >= 0.6 is 23.2 Å². The number of piperidine rings is 1. The van der Waals surface area contributed by atoms with Crippen molar-refractivity contribution in [2.24, 2.45) is 0 Å². The fraction of sp³-hybridized carbons (Fsp3) is 0.424. The molecule has 0 saturated carbocycles. The molecule has 2 N–H and O–H groups in total. The summed E-state index contributed by atoms with van der Waals surface area (Å²) in [6.45, 7) is 7.82. The Bertz CT molecular complexity index is 1620. The van der Waals surface area contributed by atoms with Crippen molar-refractivity contribution in [2.75, 3.05) is 60.6 Å². The third-order valence-corrected chi connectivity index (χ3v) is 10.1. The summed E-state index contributed by atoms with van der Waals surface area (Å²) in [6.07, 6.45) is 7.16. The molecule has 4 saturated heterocycles. The van der Waals surface area contributed by atoms with Crippen LogP contribution in [0.4, 0.5) is 28.7 Å². The van der Waals surface area contributed by atoms with Gasteiger partial charge in [-0.3, -0.25) is 14.5 Å². The molecule has 7 rings (SSSR count). The highest BCUT2D eigenvalue weighted by molar-refractivity contribution is 6.42. The zero-order valence-electron chi connectivity index (χ0n) is 25.6. The average molecular weight is 667 g/mol. The first kappa shape index (κ1) is 31.0. The fourth-order valence-electron chi connectivity index (χ4n) is 7.09. The number of fused-ring (bicyclic) bond motifs is 2. The first-order valence-electron chi connectivity index (χ1n) is 15.6. The number of halogens is 2. The van der Waals surface area contributed by atoms with Gasteiger partial charge in [-0.05, 0) is 49.1 Å². The summed E-state index contributed by atoms with van der Waals surface area (Å²) in [5.41, 5.74) is 3.19. The van der Waals surface area contributed by atoms with E-state index < -0.39 is 0 Å². The molecule has 46 heavy (non-hydrogen) atoms. The number of morpholine rings is 1. The number of hydrogen-bond acceptors (Lipinski definition) is 10. The number of nitrogens with zero attached hydrogens (tertiary/aromatic N) is 5. The van der Waals surface area contributed by atoms with Gasteiger partial charge in [0.05, 0.1) is 59.6 Å². The minimum absolute atomic E-state index is 0.0925. The lowest BCUT2D eigenvalue weighted by atomic mass is 10.0. The summed E-state index contributed by atoms with van der Waals surface area (Å²) in [7, 11) is 1.63. The van der Waals surface area contributed by atoms with E-state index in [0.29, 0.717) is 63.6 Å². The molecule has 3 aromatic rings. The van der Waals surface area contributed by atoms with Gasteiger partial charge in [0.15, 0.2) is 5.82 Å². The van der Waals surface area contributed by atoms with Gasteiger partial charge >= 0.3 is 0 Å². The molecule has 5 heterocycles. The number of likely N-dealkylation sites (tertiary alicyclic amines) is 1. The number of carbonyl (C=O) groups is 1. The van der Waals surface area contributed by atoms with E-state index in [1.165, 1.54) is 12.4 Å². The van der Waals surface area contributed by atoms with Crippen LogP contribution < -0.4 is 25.3 Å². The van der Waals surface area contributed by atoms with Crippen LogP contribution in [0.2, 0.25) is 10.0 Å². The van der Waals surface area contributed by atoms with E-state index in [0.717, 1.165) is 63.2 Å². The standard InChI is InChI=1S/C33H37Cl2N7O4/c1-3-33(43)39-26-14-27(30(44-2)15-29(26)40-9-6-21(7-10-40)41-17-23-13-22(41)18-45-23)38-31-16-32(37-19-36-31)42-28(8-11-46-42)20-4-5-24(34)25(35)12-20/h3-5,12,14-16,19,21-23,28H,1,6-11,13,17-18H2,2H3,(H,39,43)(H,36,37,38)/t22-,23-,28-/m1/s1. The normalized spacial score (nSPS) is 23.2. The minimum atomic E-state index is -0.288. The van der Waals surface area contributed by atoms with Crippen LogP contribution in [0, 0.1) is 0 Å². The Balaban J connectivity index is 1.12. The summed E-state index contributed by atoms with van der Waals surface area (Å²) in [6, 6.07) is 12.3. The van der Waals surface area contributed by atoms with Crippen LogP contribution in [0.1, 0.15) is 37.3 Å². The number of hydroxylamine groups is 1. The number of rotatable bonds is 9. The zero-order chi connectivity index (χ0) is 31.8. The maximum atomic E-state index is 12.5. The second kappa shape index (κ2) is 13.2. The summed E-state index contributed by atoms with van der Waals surface area (Å²) in [5, 5.41) is 9.14. The van der Waals surface area contributed by atoms with Gasteiger partial charge in [0, 0.05) is 50.3 Å². The number of ether oxygens (including phenoxy) is 2. The maximum absolute atomic E-state index is 12.5. The van der Waals surface area contributed by atoms with E-state index in [9.17, 15) is 4.79 Å². The van der Waals surface area contributed by atoms with Crippen LogP contribution in [-0.2, 0) is 14.4 Å². The monoisotopic (exact) mass is 665 g/mol. The third kappa shape index (κ3) is 6.22. The summed E-state index contributed by atoms with van der Waals surface area (Å²) < 4.78 is 11.7. The van der Waals surface area contributed by atoms with Crippen molar-refractivity contribution in [2.45, 2.75) is 49.9 Å². The van der Waals surface area contributed by atoms with E-state index in [1.807, 2.05) is 30.3 Å². The molecule has 0 aliphatic carbocycles. The number of hydrogen-bond donors (Lipinski definition) is 2. The molecule has 2 bridgehead atoms. The fourth-order valence-corrected chi connectivity index (χ4v) is 7.39. The predicted octanol–water partition coefficient (Wildman–Crippen LogP) is 5.99. The van der Waals surface area contributed by atoms with Crippen molar-refractivity contribution in [3.63, 3.8) is 0 Å². The van der Waals surface area contributed by atoms with Crippen LogP contribution in [0.5, 0.6) is 5.75 Å². The molecule has 4 aliphatic rings. The number of benzene rings is 2. The van der Waals surface area contributed by atoms with Gasteiger partial charge in [0.2, 0.25) is 5.91 Å². The van der Waals surface area contributed by atoms with Gasteiger partial charge in [-0.25, -0.2) is 15.0 Å². The number of anilines is 5. The van der Waals surface area contributed by atoms with E-state index in [2.05, 4.69) is 37.0 Å². The van der Waals surface area contributed by atoms with Crippen LogP contribution in [0.25, 0.3) is 0 Å². The highest BCUT2D eigenvalue weighted by atomic mass is 35.5. The molecule has 0 spiro atoms. The Hall–Kier alpha value is -3.61. The Morgan fingerprint density at radius 1 is 1.07 bits per heavy atom. The summed E-state index contributed by atoms with van der Waals surface area (Å²) in [4.78, 5) is 32.4. The molecule has 0 radical (unpaired) electrons. The van der Waals surface area contributed by atoms with Crippen LogP contribution in [0.3, 0.4) is 0 Å². The lowest BCUT2D eigenvalue weighted by Gasteiger charge is -2.41. The second-order valence-electron chi connectivity index (χ2n) is 12.0. The van der Waals surface area contributed by atoms with Gasteiger partial charge < -0.3 is 25.0 Å². The van der Waals surface area contributed by atoms with Crippen LogP contribution in [-0.4, -0.2) is 78.9 Å². The van der Waals surface area contributed by atoms with E-state index in [-0.39, 0.29) is 11.9 Å². The van der Waals surface area contributed by atoms with Crippen molar-refractivity contribution < 1.29 is 19.1 Å². The minimum Gasteiger partial charge on any atom is -0.494 e. The topological polar surface area (TPSA) is 104 Å². The van der Waals surface area contributed by atoms with Gasteiger partial charge in [-0.15, -0.1) is 0 Å². The third-order valence-electron chi connectivity index (χ3n) is 9.35. The van der Waals surface area contributed by atoms with Crippen molar-refractivity contribution >= 4 is 57.8 Å². The number of amides is 1. The van der Waals surface area contributed by atoms with Crippen molar-refractivity contribution in [1.82, 2.24) is 14.9 Å². The molecule has 2 aromatic carbocycles. The average Bonchev–Trinajstić information content (AvgIpc) is 3.85. The summed E-state index contributed by atoms with van der Waals surface area (Å²) >= 11 is 12.5. The van der Waals surface area contributed by atoms with Gasteiger partial charge in [-0.1, -0.05) is 35.8 Å². The molecule has 1 amide bonds. The highest BCUT2D eigenvalue weighted by Crippen LogP contribution is 2.42. The number of carbonyl (C=O) groups excluding carboxylic acids is 1. The maximum Gasteiger partial charge on any atom is 0.247 e. The Kier molecular flexibility index (Phi) is 8.93. The Labute approximate surface area is 278 Å². The summed E-state index contributed by atoms with van der Waals surface area (Å²) in [5.74, 6) is 1.45.